The largest absolute Gasteiger partial charge is 0.464 e. The number of hydrogen-bond donors (Lipinski definition) is 0. The summed E-state index contributed by atoms with van der Waals surface area (Å²) in [6.07, 6.45) is 2.03. The third-order valence-electron chi connectivity index (χ3n) is 2.07. The highest BCUT2D eigenvalue weighted by Crippen LogP contribution is 2.08. The van der Waals surface area contributed by atoms with Gasteiger partial charge in [-0.25, -0.2) is 0 Å². The van der Waals surface area contributed by atoms with Crippen LogP contribution in [0, 0.1) is 0 Å². The molecule has 0 spiro atoms. The van der Waals surface area contributed by atoms with Gasteiger partial charge in [-0.2, -0.15) is 0 Å². The SMILES string of the molecule is CC(=O)OCCN1CN=C(C)C=C1C. The fourth-order valence-electron chi connectivity index (χ4n) is 1.29. The lowest BCUT2D eigenvalue weighted by molar-refractivity contribution is -0.141. The van der Waals surface area contributed by atoms with Crippen LogP contribution >= 0.6 is 0 Å². The van der Waals surface area contributed by atoms with Crippen molar-refractivity contribution < 1.29 is 9.53 Å². The van der Waals surface area contributed by atoms with Gasteiger partial charge in [0, 0.05) is 18.3 Å². The highest BCUT2D eigenvalue weighted by molar-refractivity contribution is 5.93. The smallest absolute Gasteiger partial charge is 0.302 e. The van der Waals surface area contributed by atoms with Crippen LogP contribution in [0.3, 0.4) is 0 Å². The highest BCUT2D eigenvalue weighted by atomic mass is 16.5. The number of rotatable bonds is 3. The van der Waals surface area contributed by atoms with Gasteiger partial charge in [0.2, 0.25) is 0 Å². The predicted molar refractivity (Wildman–Crippen MR) is 55.1 cm³/mol. The van der Waals surface area contributed by atoms with Crippen LogP contribution in [0.1, 0.15) is 20.8 Å². The number of nitrogens with zero attached hydrogens (tertiary/aromatic N) is 2. The van der Waals surface area contributed by atoms with Crippen molar-refractivity contribution in [2.75, 3.05) is 19.8 Å². The molecule has 0 aliphatic carbocycles. The molecule has 4 nitrogen and oxygen atoms in total. The predicted octanol–water partition coefficient (Wildman–Crippen LogP) is 1.19. The molecule has 14 heavy (non-hydrogen) atoms. The first kappa shape index (κ1) is 10.8. The molecule has 0 bridgehead atoms. The lowest BCUT2D eigenvalue weighted by atomic mass is 10.3. The maximum atomic E-state index is 10.5. The van der Waals surface area contributed by atoms with Crippen molar-refractivity contribution in [2.45, 2.75) is 20.8 Å². The molecule has 0 saturated heterocycles. The summed E-state index contributed by atoms with van der Waals surface area (Å²) in [7, 11) is 0. The fraction of sp³-hybridized carbons (Fsp3) is 0.600. The van der Waals surface area contributed by atoms with Gasteiger partial charge in [0.1, 0.15) is 13.3 Å². The number of hydrogen-bond acceptors (Lipinski definition) is 4. The quantitative estimate of drug-likeness (QED) is 0.637. The van der Waals surface area contributed by atoms with Gasteiger partial charge in [0.15, 0.2) is 0 Å². The van der Waals surface area contributed by atoms with Crippen LogP contribution in [0.25, 0.3) is 0 Å². The third kappa shape index (κ3) is 3.20. The molecule has 1 rings (SSSR count). The van der Waals surface area contributed by atoms with Crippen LogP contribution in [0.2, 0.25) is 0 Å². The number of carbonyl (C=O) groups is 1. The third-order valence-corrected chi connectivity index (χ3v) is 2.07. The summed E-state index contributed by atoms with van der Waals surface area (Å²) < 4.78 is 4.86. The van der Waals surface area contributed by atoms with Crippen molar-refractivity contribution in [3.63, 3.8) is 0 Å². The summed E-state index contributed by atoms with van der Waals surface area (Å²) in [5.41, 5.74) is 2.22. The maximum absolute atomic E-state index is 10.5. The van der Waals surface area contributed by atoms with E-state index in [1.165, 1.54) is 12.6 Å². The Morgan fingerprint density at radius 3 is 2.93 bits per heavy atom. The molecule has 0 radical (unpaired) electrons. The fourth-order valence-corrected chi connectivity index (χ4v) is 1.29. The van der Waals surface area contributed by atoms with Crippen LogP contribution in [0.15, 0.2) is 16.8 Å². The van der Waals surface area contributed by atoms with Crippen molar-refractivity contribution in [3.8, 4) is 0 Å². The van der Waals surface area contributed by atoms with Crippen LogP contribution in [0.5, 0.6) is 0 Å². The minimum atomic E-state index is -0.233. The van der Waals surface area contributed by atoms with E-state index < -0.39 is 0 Å². The van der Waals surface area contributed by atoms with E-state index in [0.29, 0.717) is 19.8 Å². The van der Waals surface area contributed by atoms with E-state index in [0.717, 1.165) is 5.71 Å². The van der Waals surface area contributed by atoms with E-state index >= 15 is 0 Å². The summed E-state index contributed by atoms with van der Waals surface area (Å²) >= 11 is 0. The molecular weight excluding hydrogens is 180 g/mol. The number of esters is 1. The second-order valence-electron chi connectivity index (χ2n) is 3.33. The van der Waals surface area contributed by atoms with E-state index in [4.69, 9.17) is 4.74 Å². The van der Waals surface area contributed by atoms with Crippen LogP contribution in [-0.2, 0) is 9.53 Å². The Balaban J connectivity index is 2.34. The van der Waals surface area contributed by atoms with Gasteiger partial charge in [-0.05, 0) is 19.9 Å². The summed E-state index contributed by atoms with van der Waals surface area (Å²) in [6.45, 7) is 7.23. The Morgan fingerprint density at radius 2 is 2.36 bits per heavy atom. The second kappa shape index (κ2) is 4.79. The monoisotopic (exact) mass is 196 g/mol. The number of ether oxygens (including phenoxy) is 1. The van der Waals surface area contributed by atoms with E-state index in [1.807, 2.05) is 19.9 Å². The minimum absolute atomic E-state index is 0.233. The Hall–Kier alpha value is -1.32. The van der Waals surface area contributed by atoms with Crippen molar-refractivity contribution >= 4 is 11.7 Å². The maximum Gasteiger partial charge on any atom is 0.302 e. The van der Waals surface area contributed by atoms with Crippen molar-refractivity contribution in [1.82, 2.24) is 4.90 Å². The second-order valence-corrected chi connectivity index (χ2v) is 3.33. The topological polar surface area (TPSA) is 41.9 Å². The first-order chi connectivity index (χ1) is 6.59. The average molecular weight is 196 g/mol. The molecule has 0 atom stereocenters. The van der Waals surface area contributed by atoms with Crippen LogP contribution in [-0.4, -0.2) is 36.4 Å². The molecule has 0 aromatic carbocycles. The molecule has 1 aliphatic heterocycles. The van der Waals surface area contributed by atoms with Crippen LogP contribution in [0.4, 0.5) is 0 Å². The zero-order valence-corrected chi connectivity index (χ0v) is 8.91. The standard InChI is InChI=1S/C10H16N2O2/c1-8-6-9(2)12(7-11-8)4-5-14-10(3)13/h6H,4-5,7H2,1-3H3. The number of carbonyl (C=O) groups excluding carboxylic acids is 1. The Labute approximate surface area is 84.3 Å². The Kier molecular flexibility index (Phi) is 3.68. The van der Waals surface area contributed by atoms with Gasteiger partial charge in [-0.1, -0.05) is 0 Å². The molecule has 0 N–H and O–H groups in total. The molecule has 0 amide bonds. The molecular formula is C10H16N2O2. The summed E-state index contributed by atoms with van der Waals surface area (Å²) in [5.74, 6) is -0.233. The van der Waals surface area contributed by atoms with Crippen LogP contribution < -0.4 is 0 Å². The Morgan fingerprint density at radius 1 is 1.64 bits per heavy atom. The van der Waals surface area contributed by atoms with Gasteiger partial charge in [0.25, 0.3) is 0 Å². The molecule has 1 aliphatic rings. The summed E-state index contributed by atoms with van der Waals surface area (Å²) in [5, 5.41) is 0. The minimum Gasteiger partial charge on any atom is -0.464 e. The lowest BCUT2D eigenvalue weighted by Crippen LogP contribution is -2.29. The normalized spacial score (nSPS) is 16.1. The lowest BCUT2D eigenvalue weighted by Gasteiger charge is -2.26. The van der Waals surface area contributed by atoms with Crippen molar-refractivity contribution in [2.24, 2.45) is 4.99 Å². The molecule has 0 aromatic heterocycles. The van der Waals surface area contributed by atoms with Gasteiger partial charge < -0.3 is 9.64 Å². The van der Waals surface area contributed by atoms with Gasteiger partial charge in [0.05, 0.1) is 6.54 Å². The van der Waals surface area contributed by atoms with E-state index in [1.54, 1.807) is 0 Å². The first-order valence-electron chi connectivity index (χ1n) is 4.67. The van der Waals surface area contributed by atoms with Gasteiger partial charge >= 0.3 is 5.97 Å². The molecule has 78 valence electrons. The van der Waals surface area contributed by atoms with E-state index in [-0.39, 0.29) is 5.97 Å². The van der Waals surface area contributed by atoms with Gasteiger partial charge in [-0.3, -0.25) is 9.79 Å². The molecule has 1 heterocycles. The number of allylic oxidation sites excluding steroid dienone is 2. The summed E-state index contributed by atoms with van der Waals surface area (Å²) in [4.78, 5) is 16.9. The van der Waals surface area contributed by atoms with Crippen molar-refractivity contribution in [1.29, 1.82) is 0 Å². The first-order valence-corrected chi connectivity index (χ1v) is 4.67. The zero-order valence-electron chi connectivity index (χ0n) is 8.91. The molecule has 0 saturated carbocycles. The zero-order chi connectivity index (χ0) is 10.6. The van der Waals surface area contributed by atoms with Crippen molar-refractivity contribution in [3.05, 3.63) is 11.8 Å². The average Bonchev–Trinajstić information content (AvgIpc) is 2.08. The van der Waals surface area contributed by atoms with E-state index in [2.05, 4.69) is 9.89 Å². The van der Waals surface area contributed by atoms with E-state index in [9.17, 15) is 4.79 Å². The number of aliphatic imine (C=N–C) groups is 1. The Bertz CT molecular complexity index is 282. The molecule has 4 heteroatoms. The summed E-state index contributed by atoms with van der Waals surface area (Å²) in [6, 6.07) is 0. The molecule has 0 aromatic rings. The highest BCUT2D eigenvalue weighted by Gasteiger charge is 2.09. The molecule has 0 unspecified atom stereocenters. The molecule has 0 fully saturated rings. The van der Waals surface area contributed by atoms with Gasteiger partial charge in [-0.15, -0.1) is 0 Å².